The number of amides is 3. The normalized spacial score (nSPS) is 24.4. The van der Waals surface area contributed by atoms with E-state index in [9.17, 15) is 14.4 Å². The Labute approximate surface area is 122 Å². The fraction of sp³-hybridized carbons (Fsp3) is 0.400. The van der Waals surface area contributed by atoms with Gasteiger partial charge in [-0.1, -0.05) is 6.92 Å². The van der Waals surface area contributed by atoms with Crippen LogP contribution in [0.25, 0.3) is 0 Å². The molecule has 2 aliphatic heterocycles. The molecular weight excluding hydrogens is 270 g/mol. The van der Waals surface area contributed by atoms with E-state index in [1.165, 1.54) is 0 Å². The average Bonchev–Trinajstić information content (AvgIpc) is 2.74. The summed E-state index contributed by atoms with van der Waals surface area (Å²) in [6.07, 6.45) is 1.88. The summed E-state index contributed by atoms with van der Waals surface area (Å²) >= 11 is 0. The van der Waals surface area contributed by atoms with Gasteiger partial charge in [-0.25, -0.2) is 0 Å². The van der Waals surface area contributed by atoms with Crippen molar-refractivity contribution in [1.82, 2.24) is 10.6 Å². The van der Waals surface area contributed by atoms with E-state index < -0.39 is 11.8 Å². The Bertz CT molecular complexity index is 627. The number of benzene rings is 1. The van der Waals surface area contributed by atoms with Crippen LogP contribution in [-0.4, -0.2) is 30.3 Å². The van der Waals surface area contributed by atoms with Gasteiger partial charge in [0.2, 0.25) is 5.91 Å². The molecule has 2 heterocycles. The number of fused-ring (bicyclic) bond motifs is 1. The second-order valence-corrected chi connectivity index (χ2v) is 5.67. The summed E-state index contributed by atoms with van der Waals surface area (Å²) in [5, 5.41) is 8.23. The Morgan fingerprint density at radius 2 is 2.00 bits per heavy atom. The van der Waals surface area contributed by atoms with E-state index in [2.05, 4.69) is 22.9 Å². The molecule has 21 heavy (non-hydrogen) atoms. The first-order valence-electron chi connectivity index (χ1n) is 7.08. The maximum Gasteiger partial charge on any atom is 0.259 e. The summed E-state index contributed by atoms with van der Waals surface area (Å²) in [5.41, 5.74) is 1.19. The monoisotopic (exact) mass is 287 g/mol. The van der Waals surface area contributed by atoms with Gasteiger partial charge < -0.3 is 10.6 Å². The third-order valence-corrected chi connectivity index (χ3v) is 3.99. The molecular formula is C15H17N3O3. The second kappa shape index (κ2) is 5.29. The third-order valence-electron chi connectivity index (χ3n) is 3.99. The molecule has 2 atom stereocenters. The summed E-state index contributed by atoms with van der Waals surface area (Å²) in [6, 6.07) is 4.53. The minimum Gasteiger partial charge on any atom is -0.325 e. The topological polar surface area (TPSA) is 87.3 Å². The van der Waals surface area contributed by atoms with Crippen molar-refractivity contribution in [2.24, 2.45) is 5.92 Å². The van der Waals surface area contributed by atoms with E-state index >= 15 is 0 Å². The fourth-order valence-corrected chi connectivity index (χ4v) is 2.78. The summed E-state index contributed by atoms with van der Waals surface area (Å²) in [4.78, 5) is 35.3. The SMILES string of the molecule is CC1CCNC(C(=O)Nc2ccc3c(c2)C(=O)NC3=O)C1. The van der Waals surface area contributed by atoms with Crippen molar-refractivity contribution >= 4 is 23.4 Å². The first kappa shape index (κ1) is 13.8. The molecule has 1 aromatic rings. The lowest BCUT2D eigenvalue weighted by Gasteiger charge is -2.27. The Balaban J connectivity index is 1.74. The van der Waals surface area contributed by atoms with Gasteiger partial charge in [-0.3, -0.25) is 19.7 Å². The molecule has 1 fully saturated rings. The lowest BCUT2D eigenvalue weighted by atomic mass is 9.94. The van der Waals surface area contributed by atoms with Gasteiger partial charge in [0, 0.05) is 5.69 Å². The van der Waals surface area contributed by atoms with Gasteiger partial charge in [-0.15, -0.1) is 0 Å². The molecule has 3 amide bonds. The zero-order chi connectivity index (χ0) is 15.0. The number of piperidine rings is 1. The standard InChI is InChI=1S/C15H17N3O3/c1-8-4-5-16-12(6-8)15(21)17-9-2-3-10-11(7-9)14(20)18-13(10)19/h2-3,7-8,12,16H,4-6H2,1H3,(H,17,21)(H,18,19,20). The maximum atomic E-state index is 12.2. The highest BCUT2D eigenvalue weighted by Gasteiger charge is 2.28. The minimum atomic E-state index is -0.421. The van der Waals surface area contributed by atoms with Crippen LogP contribution in [-0.2, 0) is 4.79 Å². The van der Waals surface area contributed by atoms with Crippen molar-refractivity contribution < 1.29 is 14.4 Å². The van der Waals surface area contributed by atoms with Gasteiger partial charge in [0.1, 0.15) is 0 Å². The molecule has 1 saturated heterocycles. The predicted octanol–water partition coefficient (Wildman–Crippen LogP) is 0.897. The van der Waals surface area contributed by atoms with Gasteiger partial charge in [-0.05, 0) is 43.5 Å². The number of carbonyl (C=O) groups excluding carboxylic acids is 3. The van der Waals surface area contributed by atoms with E-state index in [4.69, 9.17) is 0 Å². The summed E-state index contributed by atoms with van der Waals surface area (Å²) in [7, 11) is 0. The van der Waals surface area contributed by atoms with Crippen molar-refractivity contribution in [3.05, 3.63) is 29.3 Å². The average molecular weight is 287 g/mol. The van der Waals surface area contributed by atoms with Gasteiger partial charge in [-0.2, -0.15) is 0 Å². The Kier molecular flexibility index (Phi) is 3.47. The van der Waals surface area contributed by atoms with Gasteiger partial charge in [0.15, 0.2) is 0 Å². The molecule has 2 unspecified atom stereocenters. The first-order valence-corrected chi connectivity index (χ1v) is 7.08. The number of nitrogens with one attached hydrogen (secondary N) is 3. The van der Waals surface area contributed by atoms with Crippen LogP contribution in [0.5, 0.6) is 0 Å². The van der Waals surface area contributed by atoms with Crippen molar-refractivity contribution in [1.29, 1.82) is 0 Å². The van der Waals surface area contributed by atoms with Crippen LogP contribution in [0.3, 0.4) is 0 Å². The molecule has 110 valence electrons. The molecule has 6 heteroatoms. The number of hydrogen-bond acceptors (Lipinski definition) is 4. The van der Waals surface area contributed by atoms with E-state index in [0.29, 0.717) is 22.7 Å². The zero-order valence-electron chi connectivity index (χ0n) is 11.7. The molecule has 0 aromatic heterocycles. The maximum absolute atomic E-state index is 12.2. The van der Waals surface area contributed by atoms with Gasteiger partial charge in [0.25, 0.3) is 11.8 Å². The van der Waals surface area contributed by atoms with Gasteiger partial charge >= 0.3 is 0 Å². The van der Waals surface area contributed by atoms with E-state index in [1.54, 1.807) is 18.2 Å². The Morgan fingerprint density at radius 3 is 2.76 bits per heavy atom. The second-order valence-electron chi connectivity index (χ2n) is 5.67. The molecule has 1 aromatic carbocycles. The largest absolute Gasteiger partial charge is 0.325 e. The highest BCUT2D eigenvalue weighted by Crippen LogP contribution is 2.21. The molecule has 2 aliphatic rings. The van der Waals surface area contributed by atoms with Crippen LogP contribution >= 0.6 is 0 Å². The van der Waals surface area contributed by atoms with Crippen LogP contribution in [0.4, 0.5) is 5.69 Å². The third kappa shape index (κ3) is 2.67. The molecule has 3 N–H and O–H groups in total. The highest BCUT2D eigenvalue weighted by molar-refractivity contribution is 6.22. The number of imide groups is 1. The summed E-state index contributed by atoms with van der Waals surface area (Å²) in [6.45, 7) is 2.97. The van der Waals surface area contributed by atoms with Crippen molar-refractivity contribution in [2.45, 2.75) is 25.8 Å². The molecule has 0 radical (unpaired) electrons. The quantitative estimate of drug-likeness (QED) is 0.705. The highest BCUT2D eigenvalue weighted by atomic mass is 16.2. The van der Waals surface area contributed by atoms with Crippen LogP contribution in [0, 0.1) is 5.92 Å². The number of carbonyl (C=O) groups is 3. The smallest absolute Gasteiger partial charge is 0.259 e. The van der Waals surface area contributed by atoms with E-state index in [0.717, 1.165) is 19.4 Å². The zero-order valence-corrected chi connectivity index (χ0v) is 11.7. The van der Waals surface area contributed by atoms with E-state index in [-0.39, 0.29) is 11.9 Å². The molecule has 0 bridgehead atoms. The van der Waals surface area contributed by atoms with E-state index in [1.807, 2.05) is 0 Å². The molecule has 3 rings (SSSR count). The molecule has 0 aliphatic carbocycles. The number of rotatable bonds is 2. The van der Waals surface area contributed by atoms with Crippen LogP contribution in [0.1, 0.15) is 40.5 Å². The van der Waals surface area contributed by atoms with Crippen molar-refractivity contribution in [3.63, 3.8) is 0 Å². The van der Waals surface area contributed by atoms with Crippen LogP contribution < -0.4 is 16.0 Å². The van der Waals surface area contributed by atoms with Crippen LogP contribution in [0.2, 0.25) is 0 Å². The minimum absolute atomic E-state index is 0.105. The number of hydrogen-bond donors (Lipinski definition) is 3. The Morgan fingerprint density at radius 1 is 1.24 bits per heavy atom. The summed E-state index contributed by atoms with van der Waals surface area (Å²) in [5.74, 6) is -0.400. The lowest BCUT2D eigenvalue weighted by molar-refractivity contribution is -0.119. The molecule has 0 saturated carbocycles. The predicted molar refractivity (Wildman–Crippen MR) is 77.1 cm³/mol. The molecule has 0 spiro atoms. The lowest BCUT2D eigenvalue weighted by Crippen LogP contribution is -2.45. The van der Waals surface area contributed by atoms with Crippen molar-refractivity contribution in [2.75, 3.05) is 11.9 Å². The first-order chi connectivity index (χ1) is 10.0. The molecule has 6 nitrogen and oxygen atoms in total. The number of anilines is 1. The van der Waals surface area contributed by atoms with Crippen molar-refractivity contribution in [3.8, 4) is 0 Å². The fourth-order valence-electron chi connectivity index (χ4n) is 2.78. The Hall–Kier alpha value is -2.21. The summed E-state index contributed by atoms with van der Waals surface area (Å²) < 4.78 is 0. The van der Waals surface area contributed by atoms with Gasteiger partial charge in [0.05, 0.1) is 17.2 Å². The van der Waals surface area contributed by atoms with Crippen LogP contribution in [0.15, 0.2) is 18.2 Å².